The van der Waals surface area contributed by atoms with Crippen molar-refractivity contribution >= 4 is 23.1 Å². The standard InChI is InChI=1S/C12H6ClN5/c13-11-12(17-4-3-16-11)18-10-2-1-8(6-14)9(5-10)7-15/h1-5H,(H,17,18). The average Bonchev–Trinajstić information content (AvgIpc) is 2.41. The zero-order valence-electron chi connectivity index (χ0n) is 9.05. The van der Waals surface area contributed by atoms with Gasteiger partial charge in [-0.15, -0.1) is 0 Å². The monoisotopic (exact) mass is 255 g/mol. The highest BCUT2D eigenvalue weighted by molar-refractivity contribution is 6.31. The summed E-state index contributed by atoms with van der Waals surface area (Å²) in [6.45, 7) is 0. The molecule has 0 amide bonds. The van der Waals surface area contributed by atoms with Crippen LogP contribution >= 0.6 is 11.6 Å². The van der Waals surface area contributed by atoms with Crippen LogP contribution in [0.4, 0.5) is 11.5 Å². The molecule has 18 heavy (non-hydrogen) atoms. The van der Waals surface area contributed by atoms with Crippen molar-refractivity contribution in [3.8, 4) is 12.1 Å². The predicted molar refractivity (Wildman–Crippen MR) is 66.2 cm³/mol. The molecule has 2 rings (SSSR count). The Morgan fingerprint density at radius 1 is 1.06 bits per heavy atom. The minimum atomic E-state index is 0.236. The van der Waals surface area contributed by atoms with Gasteiger partial charge in [0, 0.05) is 18.1 Å². The van der Waals surface area contributed by atoms with Crippen LogP contribution in [-0.2, 0) is 0 Å². The lowest BCUT2D eigenvalue weighted by Gasteiger charge is -2.06. The first-order valence-corrected chi connectivity index (χ1v) is 5.30. The third-order valence-electron chi connectivity index (χ3n) is 2.18. The SMILES string of the molecule is N#Cc1ccc(Nc2nccnc2Cl)cc1C#N. The molecule has 0 spiro atoms. The zero-order valence-corrected chi connectivity index (χ0v) is 9.81. The summed E-state index contributed by atoms with van der Waals surface area (Å²) in [6, 6.07) is 8.69. The van der Waals surface area contributed by atoms with Gasteiger partial charge in [-0.2, -0.15) is 10.5 Å². The number of halogens is 1. The van der Waals surface area contributed by atoms with Crippen molar-refractivity contribution in [2.75, 3.05) is 5.32 Å². The van der Waals surface area contributed by atoms with E-state index in [0.717, 1.165) is 0 Å². The van der Waals surface area contributed by atoms with E-state index in [0.29, 0.717) is 22.6 Å². The van der Waals surface area contributed by atoms with E-state index >= 15 is 0 Å². The Labute approximate surface area is 108 Å². The van der Waals surface area contributed by atoms with E-state index in [1.807, 2.05) is 12.1 Å². The number of benzene rings is 1. The fraction of sp³-hybridized carbons (Fsp3) is 0. The highest BCUT2D eigenvalue weighted by Crippen LogP contribution is 2.22. The van der Waals surface area contributed by atoms with Crippen LogP contribution in [0.1, 0.15) is 11.1 Å². The fourth-order valence-electron chi connectivity index (χ4n) is 1.35. The van der Waals surface area contributed by atoms with Gasteiger partial charge in [0.1, 0.15) is 12.1 Å². The second kappa shape index (κ2) is 5.13. The lowest BCUT2D eigenvalue weighted by atomic mass is 10.1. The summed E-state index contributed by atoms with van der Waals surface area (Å²) in [5.41, 5.74) is 1.24. The lowest BCUT2D eigenvalue weighted by molar-refractivity contribution is 1.20. The van der Waals surface area contributed by atoms with Crippen molar-refractivity contribution < 1.29 is 0 Å². The molecule has 5 nitrogen and oxygen atoms in total. The molecule has 1 heterocycles. The molecule has 1 aromatic heterocycles. The van der Waals surface area contributed by atoms with Crippen LogP contribution in [0, 0.1) is 22.7 Å². The van der Waals surface area contributed by atoms with Crippen LogP contribution in [0.15, 0.2) is 30.6 Å². The fourth-order valence-corrected chi connectivity index (χ4v) is 1.51. The van der Waals surface area contributed by atoms with Crippen molar-refractivity contribution in [3.05, 3.63) is 46.9 Å². The molecule has 0 fully saturated rings. The first-order chi connectivity index (χ1) is 8.74. The van der Waals surface area contributed by atoms with E-state index in [2.05, 4.69) is 15.3 Å². The average molecular weight is 256 g/mol. The molecule has 1 aromatic carbocycles. The molecule has 0 aliphatic rings. The molecule has 6 heteroatoms. The number of nitrogens with zero attached hydrogens (tertiary/aromatic N) is 4. The van der Waals surface area contributed by atoms with E-state index in [-0.39, 0.29) is 5.15 Å². The summed E-state index contributed by atoms with van der Waals surface area (Å²) in [6.07, 6.45) is 2.98. The van der Waals surface area contributed by atoms with E-state index in [1.54, 1.807) is 18.2 Å². The Kier molecular flexibility index (Phi) is 3.38. The minimum absolute atomic E-state index is 0.236. The van der Waals surface area contributed by atoms with E-state index < -0.39 is 0 Å². The number of anilines is 2. The first kappa shape index (κ1) is 11.8. The van der Waals surface area contributed by atoms with Crippen LogP contribution < -0.4 is 5.32 Å². The van der Waals surface area contributed by atoms with Crippen LogP contribution in [0.3, 0.4) is 0 Å². The Morgan fingerprint density at radius 2 is 1.78 bits per heavy atom. The van der Waals surface area contributed by atoms with Gasteiger partial charge in [-0.25, -0.2) is 9.97 Å². The molecule has 86 valence electrons. The number of rotatable bonds is 2. The van der Waals surface area contributed by atoms with Crippen molar-refractivity contribution in [2.45, 2.75) is 0 Å². The van der Waals surface area contributed by atoms with Gasteiger partial charge >= 0.3 is 0 Å². The van der Waals surface area contributed by atoms with Gasteiger partial charge in [-0.3, -0.25) is 0 Å². The molecule has 1 N–H and O–H groups in total. The second-order valence-corrected chi connectivity index (χ2v) is 3.66. The quantitative estimate of drug-likeness (QED) is 0.891. The van der Waals surface area contributed by atoms with Gasteiger partial charge < -0.3 is 5.32 Å². The van der Waals surface area contributed by atoms with Gasteiger partial charge in [-0.05, 0) is 18.2 Å². The highest BCUT2D eigenvalue weighted by Gasteiger charge is 2.06. The summed E-state index contributed by atoms with van der Waals surface area (Å²) in [5, 5.41) is 20.9. The summed E-state index contributed by atoms with van der Waals surface area (Å²) >= 11 is 5.85. The molecule has 0 saturated heterocycles. The molecule has 0 aliphatic carbocycles. The van der Waals surface area contributed by atoms with Crippen molar-refractivity contribution in [1.29, 1.82) is 10.5 Å². The lowest BCUT2D eigenvalue weighted by Crippen LogP contribution is -1.96. The molecule has 0 atom stereocenters. The molecule has 2 aromatic rings. The van der Waals surface area contributed by atoms with E-state index in [4.69, 9.17) is 22.1 Å². The summed E-state index contributed by atoms with van der Waals surface area (Å²) in [5.74, 6) is 0.396. The van der Waals surface area contributed by atoms with Crippen LogP contribution in [0.25, 0.3) is 0 Å². The Bertz CT molecular complexity index is 669. The largest absolute Gasteiger partial charge is 0.338 e. The molecule has 0 bridgehead atoms. The first-order valence-electron chi connectivity index (χ1n) is 4.92. The molecule has 0 unspecified atom stereocenters. The number of hydrogen-bond donors (Lipinski definition) is 1. The number of nitrogens with one attached hydrogen (secondary N) is 1. The normalized spacial score (nSPS) is 9.28. The van der Waals surface area contributed by atoms with Gasteiger partial charge in [0.15, 0.2) is 11.0 Å². The second-order valence-electron chi connectivity index (χ2n) is 3.30. The van der Waals surface area contributed by atoms with Gasteiger partial charge in [-0.1, -0.05) is 11.6 Å². The van der Waals surface area contributed by atoms with Gasteiger partial charge in [0.05, 0.1) is 11.1 Å². The maximum Gasteiger partial charge on any atom is 0.171 e. The zero-order chi connectivity index (χ0) is 13.0. The van der Waals surface area contributed by atoms with Crippen LogP contribution in [0.2, 0.25) is 5.15 Å². The van der Waals surface area contributed by atoms with Gasteiger partial charge in [0.25, 0.3) is 0 Å². The topological polar surface area (TPSA) is 85.4 Å². The Morgan fingerprint density at radius 3 is 2.44 bits per heavy atom. The smallest absolute Gasteiger partial charge is 0.171 e. The summed E-state index contributed by atoms with van der Waals surface area (Å²) < 4.78 is 0. The molecule has 0 saturated carbocycles. The Hall–Kier alpha value is -2.63. The van der Waals surface area contributed by atoms with E-state index in [9.17, 15) is 0 Å². The van der Waals surface area contributed by atoms with Crippen molar-refractivity contribution in [3.63, 3.8) is 0 Å². The summed E-state index contributed by atoms with van der Waals surface area (Å²) in [7, 11) is 0. The minimum Gasteiger partial charge on any atom is -0.338 e. The number of nitriles is 2. The third-order valence-corrected chi connectivity index (χ3v) is 2.45. The van der Waals surface area contributed by atoms with E-state index in [1.165, 1.54) is 12.4 Å². The third kappa shape index (κ3) is 2.37. The maximum absolute atomic E-state index is 8.91. The van der Waals surface area contributed by atoms with Crippen LogP contribution in [-0.4, -0.2) is 9.97 Å². The molecule has 0 aliphatic heterocycles. The number of aromatic nitrogens is 2. The molecular weight excluding hydrogens is 250 g/mol. The van der Waals surface area contributed by atoms with Crippen molar-refractivity contribution in [1.82, 2.24) is 9.97 Å². The predicted octanol–water partition coefficient (Wildman–Crippen LogP) is 2.62. The van der Waals surface area contributed by atoms with Crippen molar-refractivity contribution in [2.24, 2.45) is 0 Å². The highest BCUT2D eigenvalue weighted by atomic mass is 35.5. The molecular formula is C12H6ClN5. The van der Waals surface area contributed by atoms with Gasteiger partial charge in [0.2, 0.25) is 0 Å². The number of hydrogen-bond acceptors (Lipinski definition) is 5. The Balaban J connectivity index is 2.35. The summed E-state index contributed by atoms with van der Waals surface area (Å²) in [4.78, 5) is 7.89. The maximum atomic E-state index is 8.91. The van der Waals surface area contributed by atoms with Crippen LogP contribution in [0.5, 0.6) is 0 Å². The molecule has 0 radical (unpaired) electrons.